The summed E-state index contributed by atoms with van der Waals surface area (Å²) in [4.78, 5) is 0. The quantitative estimate of drug-likeness (QED) is 0.784. The molecular weight excluding hydrogens is 174 g/mol. The fourth-order valence-electron chi connectivity index (χ4n) is 2.52. The van der Waals surface area contributed by atoms with Crippen molar-refractivity contribution in [3.63, 3.8) is 0 Å². The fourth-order valence-corrected chi connectivity index (χ4v) is 2.52. The molecule has 14 heavy (non-hydrogen) atoms. The summed E-state index contributed by atoms with van der Waals surface area (Å²) in [6, 6.07) is 2.39. The minimum Gasteiger partial charge on any atom is -0.472 e. The zero-order valence-electron chi connectivity index (χ0n) is 8.78. The highest BCUT2D eigenvalue weighted by molar-refractivity contribution is 5.16. The summed E-state index contributed by atoms with van der Waals surface area (Å²) in [7, 11) is 0. The molecule has 1 saturated carbocycles. The monoisotopic (exact) mass is 193 g/mol. The van der Waals surface area contributed by atoms with Crippen LogP contribution >= 0.6 is 0 Å². The predicted molar refractivity (Wildman–Crippen MR) is 57.1 cm³/mol. The first-order valence-corrected chi connectivity index (χ1v) is 5.59. The molecule has 1 aliphatic rings. The molecule has 78 valence electrons. The zero-order valence-corrected chi connectivity index (χ0v) is 8.78. The third kappa shape index (κ3) is 1.85. The van der Waals surface area contributed by atoms with Gasteiger partial charge in [-0.3, -0.25) is 0 Å². The fraction of sp³-hybridized carbons (Fsp3) is 0.667. The first-order chi connectivity index (χ1) is 6.81. The van der Waals surface area contributed by atoms with E-state index in [4.69, 9.17) is 10.2 Å². The third-order valence-corrected chi connectivity index (χ3v) is 3.56. The van der Waals surface area contributed by atoms with E-state index < -0.39 is 0 Å². The first-order valence-electron chi connectivity index (χ1n) is 5.59. The minimum absolute atomic E-state index is 0.329. The average molecular weight is 193 g/mol. The van der Waals surface area contributed by atoms with Gasteiger partial charge in [-0.15, -0.1) is 0 Å². The van der Waals surface area contributed by atoms with Gasteiger partial charge in [-0.05, 0) is 36.8 Å². The standard InChI is InChI=1S/C12H19NO/c1-2-9-3-4-12(13)11(7-9)10-5-6-14-8-10/h5-6,8-9,11-12H,2-4,7,13H2,1H3. The van der Waals surface area contributed by atoms with Gasteiger partial charge < -0.3 is 10.2 Å². The van der Waals surface area contributed by atoms with Crippen molar-refractivity contribution in [1.29, 1.82) is 0 Å². The van der Waals surface area contributed by atoms with E-state index in [1.165, 1.54) is 24.8 Å². The molecule has 1 aromatic rings. The smallest absolute Gasteiger partial charge is 0.0937 e. The van der Waals surface area contributed by atoms with Gasteiger partial charge in [0.1, 0.15) is 0 Å². The summed E-state index contributed by atoms with van der Waals surface area (Å²) in [5.74, 6) is 1.38. The molecule has 0 bridgehead atoms. The van der Waals surface area contributed by atoms with E-state index in [1.54, 1.807) is 6.26 Å². The lowest BCUT2D eigenvalue weighted by Crippen LogP contribution is -2.34. The largest absolute Gasteiger partial charge is 0.472 e. The van der Waals surface area contributed by atoms with Crippen LogP contribution in [0, 0.1) is 5.92 Å². The van der Waals surface area contributed by atoms with Gasteiger partial charge in [-0.2, -0.15) is 0 Å². The first kappa shape index (κ1) is 9.78. The Morgan fingerprint density at radius 1 is 1.50 bits per heavy atom. The van der Waals surface area contributed by atoms with Crippen LogP contribution in [0.2, 0.25) is 0 Å². The van der Waals surface area contributed by atoms with Crippen LogP contribution in [0.3, 0.4) is 0 Å². The maximum Gasteiger partial charge on any atom is 0.0937 e. The molecular formula is C12H19NO. The van der Waals surface area contributed by atoms with Gasteiger partial charge in [0.05, 0.1) is 12.5 Å². The Hall–Kier alpha value is -0.760. The summed E-state index contributed by atoms with van der Waals surface area (Å²) in [6.07, 6.45) is 8.57. The molecule has 2 rings (SSSR count). The van der Waals surface area contributed by atoms with Crippen molar-refractivity contribution in [1.82, 2.24) is 0 Å². The summed E-state index contributed by atoms with van der Waals surface area (Å²) >= 11 is 0. The van der Waals surface area contributed by atoms with Crippen molar-refractivity contribution >= 4 is 0 Å². The SMILES string of the molecule is CCC1CCC(N)C(c2ccoc2)C1. The highest BCUT2D eigenvalue weighted by atomic mass is 16.3. The highest BCUT2D eigenvalue weighted by Gasteiger charge is 2.28. The number of nitrogens with two attached hydrogens (primary N) is 1. The predicted octanol–water partition coefficient (Wildman–Crippen LogP) is 2.90. The molecule has 0 aliphatic heterocycles. The summed E-state index contributed by atoms with van der Waals surface area (Å²) in [6.45, 7) is 2.27. The number of hydrogen-bond donors (Lipinski definition) is 1. The van der Waals surface area contributed by atoms with Crippen molar-refractivity contribution in [2.45, 2.75) is 44.6 Å². The van der Waals surface area contributed by atoms with Crippen LogP contribution in [-0.2, 0) is 0 Å². The molecule has 0 saturated heterocycles. The topological polar surface area (TPSA) is 39.2 Å². The van der Waals surface area contributed by atoms with Crippen molar-refractivity contribution in [3.8, 4) is 0 Å². The molecule has 2 heteroatoms. The van der Waals surface area contributed by atoms with Crippen LogP contribution in [-0.4, -0.2) is 6.04 Å². The van der Waals surface area contributed by atoms with Gasteiger partial charge in [-0.25, -0.2) is 0 Å². The molecule has 1 fully saturated rings. The van der Waals surface area contributed by atoms with Crippen LogP contribution in [0.5, 0.6) is 0 Å². The van der Waals surface area contributed by atoms with Gasteiger partial charge in [0.25, 0.3) is 0 Å². The van der Waals surface area contributed by atoms with Crippen molar-refractivity contribution in [2.75, 3.05) is 0 Å². The van der Waals surface area contributed by atoms with Gasteiger partial charge in [0.2, 0.25) is 0 Å². The second-order valence-corrected chi connectivity index (χ2v) is 4.41. The van der Waals surface area contributed by atoms with E-state index in [-0.39, 0.29) is 0 Å². The van der Waals surface area contributed by atoms with E-state index in [0.29, 0.717) is 12.0 Å². The Kier molecular flexibility index (Phi) is 2.92. The Morgan fingerprint density at radius 3 is 3.00 bits per heavy atom. The summed E-state index contributed by atoms with van der Waals surface area (Å²) in [5.41, 5.74) is 7.43. The molecule has 1 aromatic heterocycles. The van der Waals surface area contributed by atoms with Crippen LogP contribution in [0.1, 0.15) is 44.1 Å². The number of furan rings is 1. The second kappa shape index (κ2) is 4.18. The van der Waals surface area contributed by atoms with E-state index in [2.05, 4.69) is 13.0 Å². The average Bonchev–Trinajstić information content (AvgIpc) is 2.71. The maximum absolute atomic E-state index is 6.15. The Morgan fingerprint density at radius 2 is 2.36 bits per heavy atom. The molecule has 0 radical (unpaired) electrons. The van der Waals surface area contributed by atoms with E-state index in [1.807, 2.05) is 6.26 Å². The molecule has 2 nitrogen and oxygen atoms in total. The molecule has 2 N–H and O–H groups in total. The number of rotatable bonds is 2. The number of hydrogen-bond acceptors (Lipinski definition) is 2. The van der Waals surface area contributed by atoms with E-state index in [0.717, 1.165) is 12.3 Å². The Bertz CT molecular complexity index is 268. The molecule has 3 unspecified atom stereocenters. The summed E-state index contributed by atoms with van der Waals surface area (Å²) < 4.78 is 5.13. The van der Waals surface area contributed by atoms with Crippen molar-refractivity contribution < 1.29 is 4.42 Å². The van der Waals surface area contributed by atoms with E-state index in [9.17, 15) is 0 Å². The van der Waals surface area contributed by atoms with Gasteiger partial charge in [0, 0.05) is 12.0 Å². The maximum atomic E-state index is 6.15. The van der Waals surface area contributed by atoms with E-state index >= 15 is 0 Å². The van der Waals surface area contributed by atoms with Crippen LogP contribution in [0.4, 0.5) is 0 Å². The lowest BCUT2D eigenvalue weighted by Gasteiger charge is -2.33. The van der Waals surface area contributed by atoms with Crippen LogP contribution in [0.15, 0.2) is 23.0 Å². The lowest BCUT2D eigenvalue weighted by molar-refractivity contribution is 0.281. The van der Waals surface area contributed by atoms with Gasteiger partial charge in [0.15, 0.2) is 0 Å². The minimum atomic E-state index is 0.329. The third-order valence-electron chi connectivity index (χ3n) is 3.56. The Balaban J connectivity index is 2.09. The molecule has 1 heterocycles. The lowest BCUT2D eigenvalue weighted by atomic mass is 9.75. The molecule has 3 atom stereocenters. The molecule has 0 spiro atoms. The van der Waals surface area contributed by atoms with Crippen molar-refractivity contribution in [2.24, 2.45) is 11.7 Å². The zero-order chi connectivity index (χ0) is 9.97. The molecule has 1 aliphatic carbocycles. The second-order valence-electron chi connectivity index (χ2n) is 4.41. The normalized spacial score (nSPS) is 33.1. The summed E-state index contributed by atoms with van der Waals surface area (Å²) in [5, 5.41) is 0. The Labute approximate surface area is 85.5 Å². The van der Waals surface area contributed by atoms with Gasteiger partial charge >= 0.3 is 0 Å². The van der Waals surface area contributed by atoms with Crippen LogP contribution < -0.4 is 5.73 Å². The highest BCUT2D eigenvalue weighted by Crippen LogP contribution is 2.36. The van der Waals surface area contributed by atoms with Crippen LogP contribution in [0.25, 0.3) is 0 Å². The molecule has 0 aromatic carbocycles. The van der Waals surface area contributed by atoms with Gasteiger partial charge in [-0.1, -0.05) is 13.3 Å². The molecule has 0 amide bonds. The van der Waals surface area contributed by atoms with Crippen molar-refractivity contribution in [3.05, 3.63) is 24.2 Å².